The summed E-state index contributed by atoms with van der Waals surface area (Å²) < 4.78 is 5.48. The minimum absolute atomic E-state index is 0.502. The second-order valence-corrected chi connectivity index (χ2v) is 5.14. The van der Waals surface area contributed by atoms with Crippen LogP contribution in [-0.4, -0.2) is 42.6 Å². The van der Waals surface area contributed by atoms with Gasteiger partial charge in [0, 0.05) is 18.5 Å². The van der Waals surface area contributed by atoms with Crippen molar-refractivity contribution in [3.8, 4) is 0 Å². The van der Waals surface area contributed by atoms with Crippen LogP contribution in [0.5, 0.6) is 0 Å². The lowest BCUT2D eigenvalue weighted by atomic mass is 9.91. The molecule has 0 aromatic heterocycles. The van der Waals surface area contributed by atoms with Gasteiger partial charge in [0.2, 0.25) is 0 Å². The largest absolute Gasteiger partial charge is 0.381 e. The molecule has 0 radical (unpaired) electrons. The summed E-state index contributed by atoms with van der Waals surface area (Å²) in [5.41, 5.74) is 0. The fraction of sp³-hybridized carbons (Fsp3) is 1.00. The van der Waals surface area contributed by atoms with Gasteiger partial charge >= 0.3 is 0 Å². The minimum Gasteiger partial charge on any atom is -0.381 e. The van der Waals surface area contributed by atoms with Crippen LogP contribution in [0.15, 0.2) is 0 Å². The maximum absolute atomic E-state index is 5.48. The van der Waals surface area contributed by atoms with Crippen molar-refractivity contribution in [2.45, 2.75) is 51.2 Å². The number of ether oxygens (including phenoxy) is 1. The molecule has 1 aliphatic rings. The molecule has 0 aliphatic heterocycles. The zero-order valence-electron chi connectivity index (χ0n) is 10.0. The average molecular weight is 278 g/mol. The monoisotopic (exact) mass is 277 g/mol. The van der Waals surface area contributed by atoms with Crippen molar-refractivity contribution in [3.05, 3.63) is 0 Å². The first-order valence-electron chi connectivity index (χ1n) is 6.14. The highest BCUT2D eigenvalue weighted by Crippen LogP contribution is 2.24. The Morgan fingerprint density at radius 2 is 2.20 bits per heavy atom. The van der Waals surface area contributed by atoms with Crippen LogP contribution < -0.4 is 0 Å². The van der Waals surface area contributed by atoms with Gasteiger partial charge in [0.15, 0.2) is 0 Å². The van der Waals surface area contributed by atoms with Crippen LogP contribution in [0, 0.1) is 0 Å². The second-order valence-electron chi connectivity index (χ2n) is 4.35. The zero-order valence-corrected chi connectivity index (χ0v) is 11.6. The van der Waals surface area contributed by atoms with E-state index in [0.717, 1.165) is 11.4 Å². The summed E-state index contributed by atoms with van der Waals surface area (Å²) in [7, 11) is 1.85. The van der Waals surface area contributed by atoms with Crippen LogP contribution >= 0.6 is 15.9 Å². The molecule has 2 atom stereocenters. The number of methoxy groups -OCH3 is 1. The smallest absolute Gasteiger partial charge is 0.0586 e. The fourth-order valence-corrected chi connectivity index (χ4v) is 2.78. The van der Waals surface area contributed by atoms with E-state index >= 15 is 0 Å². The first-order chi connectivity index (χ1) is 7.31. The molecular formula is C12H24BrNO. The third-order valence-corrected chi connectivity index (χ3v) is 3.99. The maximum atomic E-state index is 5.48. The van der Waals surface area contributed by atoms with E-state index in [2.05, 4.69) is 27.8 Å². The molecule has 0 aromatic carbocycles. The quantitative estimate of drug-likeness (QED) is 0.692. The first-order valence-corrected chi connectivity index (χ1v) is 7.26. The van der Waals surface area contributed by atoms with Gasteiger partial charge in [0.05, 0.1) is 6.10 Å². The zero-order chi connectivity index (χ0) is 11.1. The summed E-state index contributed by atoms with van der Waals surface area (Å²) in [5, 5.41) is 1.12. The number of hydrogen-bond acceptors (Lipinski definition) is 2. The summed E-state index contributed by atoms with van der Waals surface area (Å²) in [5.74, 6) is 0. The highest BCUT2D eigenvalue weighted by Gasteiger charge is 2.25. The third kappa shape index (κ3) is 4.41. The van der Waals surface area contributed by atoms with Gasteiger partial charge in [-0.15, -0.1) is 0 Å². The molecule has 2 unspecified atom stereocenters. The van der Waals surface area contributed by atoms with Crippen molar-refractivity contribution in [2.24, 2.45) is 0 Å². The molecule has 1 fully saturated rings. The Hall–Kier alpha value is 0.400. The highest BCUT2D eigenvalue weighted by molar-refractivity contribution is 9.09. The standard InChI is InChI=1S/C12H24BrNO/c1-3-14(9-5-8-13)11-6-4-7-12(10-11)15-2/h11-12H,3-10H2,1-2H3. The Bertz CT molecular complexity index is 166. The van der Waals surface area contributed by atoms with Gasteiger partial charge in [0.25, 0.3) is 0 Å². The van der Waals surface area contributed by atoms with Crippen molar-refractivity contribution in [1.82, 2.24) is 4.90 Å². The molecule has 0 saturated heterocycles. The van der Waals surface area contributed by atoms with Crippen LogP contribution in [0.4, 0.5) is 0 Å². The Labute approximate surface area is 102 Å². The summed E-state index contributed by atoms with van der Waals surface area (Å²) in [6, 6.07) is 0.757. The van der Waals surface area contributed by atoms with E-state index in [1.54, 1.807) is 0 Å². The van der Waals surface area contributed by atoms with Gasteiger partial charge in [-0.05, 0) is 45.2 Å². The Morgan fingerprint density at radius 1 is 1.40 bits per heavy atom. The first kappa shape index (κ1) is 13.5. The van der Waals surface area contributed by atoms with Crippen LogP contribution in [0.25, 0.3) is 0 Å². The number of halogens is 1. The Balaban J connectivity index is 2.37. The molecular weight excluding hydrogens is 254 g/mol. The molecule has 1 aliphatic carbocycles. The van der Waals surface area contributed by atoms with Gasteiger partial charge < -0.3 is 9.64 Å². The topological polar surface area (TPSA) is 12.5 Å². The van der Waals surface area contributed by atoms with Gasteiger partial charge in [-0.3, -0.25) is 0 Å². The van der Waals surface area contributed by atoms with Gasteiger partial charge in [-0.25, -0.2) is 0 Å². The van der Waals surface area contributed by atoms with Crippen molar-refractivity contribution >= 4 is 15.9 Å². The predicted octanol–water partition coefficient (Wildman–Crippen LogP) is 3.05. The van der Waals surface area contributed by atoms with Crippen LogP contribution in [0.3, 0.4) is 0 Å². The number of alkyl halides is 1. The van der Waals surface area contributed by atoms with E-state index < -0.39 is 0 Å². The summed E-state index contributed by atoms with van der Waals surface area (Å²) >= 11 is 3.51. The molecule has 90 valence electrons. The third-order valence-electron chi connectivity index (χ3n) is 3.43. The lowest BCUT2D eigenvalue weighted by Crippen LogP contribution is -2.41. The molecule has 0 aromatic rings. The molecule has 1 rings (SSSR count). The second kappa shape index (κ2) is 7.64. The lowest BCUT2D eigenvalue weighted by molar-refractivity contribution is 0.0293. The summed E-state index contributed by atoms with van der Waals surface area (Å²) in [6.45, 7) is 4.67. The molecule has 0 N–H and O–H groups in total. The Morgan fingerprint density at radius 3 is 2.80 bits per heavy atom. The van der Waals surface area contributed by atoms with Crippen LogP contribution in [0.1, 0.15) is 39.0 Å². The molecule has 3 heteroatoms. The molecule has 0 spiro atoms. The molecule has 0 heterocycles. The van der Waals surface area contributed by atoms with Gasteiger partial charge in [-0.2, -0.15) is 0 Å². The molecule has 2 nitrogen and oxygen atoms in total. The van der Waals surface area contributed by atoms with Gasteiger partial charge in [-0.1, -0.05) is 22.9 Å². The molecule has 0 bridgehead atoms. The van der Waals surface area contributed by atoms with E-state index in [1.165, 1.54) is 45.2 Å². The molecule has 1 saturated carbocycles. The lowest BCUT2D eigenvalue weighted by Gasteiger charge is -2.36. The van der Waals surface area contributed by atoms with Crippen molar-refractivity contribution in [1.29, 1.82) is 0 Å². The number of hydrogen-bond donors (Lipinski definition) is 0. The van der Waals surface area contributed by atoms with E-state index in [0.29, 0.717) is 6.10 Å². The van der Waals surface area contributed by atoms with Crippen LogP contribution in [-0.2, 0) is 4.74 Å². The number of rotatable bonds is 6. The number of nitrogens with zero attached hydrogens (tertiary/aromatic N) is 1. The van der Waals surface area contributed by atoms with E-state index in [-0.39, 0.29) is 0 Å². The van der Waals surface area contributed by atoms with E-state index in [4.69, 9.17) is 4.74 Å². The minimum atomic E-state index is 0.502. The van der Waals surface area contributed by atoms with E-state index in [1.807, 2.05) is 7.11 Å². The van der Waals surface area contributed by atoms with E-state index in [9.17, 15) is 0 Å². The maximum Gasteiger partial charge on any atom is 0.0586 e. The SMILES string of the molecule is CCN(CCCBr)C1CCCC(OC)C1. The van der Waals surface area contributed by atoms with Crippen LogP contribution in [0.2, 0.25) is 0 Å². The van der Waals surface area contributed by atoms with Gasteiger partial charge in [0.1, 0.15) is 0 Å². The fourth-order valence-electron chi connectivity index (χ4n) is 2.53. The van der Waals surface area contributed by atoms with Crippen molar-refractivity contribution in [2.75, 3.05) is 25.5 Å². The van der Waals surface area contributed by atoms with Crippen molar-refractivity contribution in [3.63, 3.8) is 0 Å². The predicted molar refractivity (Wildman–Crippen MR) is 68.7 cm³/mol. The molecule has 0 amide bonds. The van der Waals surface area contributed by atoms with Crippen molar-refractivity contribution < 1.29 is 4.74 Å². The molecule has 15 heavy (non-hydrogen) atoms. The summed E-state index contributed by atoms with van der Waals surface area (Å²) in [6.07, 6.45) is 6.92. The summed E-state index contributed by atoms with van der Waals surface area (Å²) in [4.78, 5) is 2.62. The normalized spacial score (nSPS) is 27.2. The average Bonchev–Trinajstić information content (AvgIpc) is 2.30. The Kier molecular flexibility index (Phi) is 6.86. The highest BCUT2D eigenvalue weighted by atomic mass is 79.9.